The molecule has 1 amide bonds. The topological polar surface area (TPSA) is 49.3 Å². The lowest BCUT2D eigenvalue weighted by Gasteiger charge is -2.36. The van der Waals surface area contributed by atoms with E-state index in [2.05, 4.69) is 5.32 Å². The number of hydrogen-bond donors (Lipinski definition) is 2. The molecular weight excluding hydrogens is 297 g/mol. The number of nitrogens with one attached hydrogen (secondary N) is 1. The standard InChI is InChI=1S/C15H17Cl2NO2/c16-12-3-2-9(6-13(12)17)10-7-11(10)14(19)18-8-15(20)4-1-5-15/h2-3,6,10-11,20H,1,4-5,7-8H2,(H,18,19). The molecular formula is C15H17Cl2NO2. The minimum absolute atomic E-state index is 0.00378. The first-order valence-electron chi connectivity index (χ1n) is 6.94. The van der Waals surface area contributed by atoms with Crippen LogP contribution in [-0.2, 0) is 4.79 Å². The van der Waals surface area contributed by atoms with Gasteiger partial charge in [-0.15, -0.1) is 0 Å². The number of halogens is 2. The van der Waals surface area contributed by atoms with E-state index in [1.165, 1.54) is 0 Å². The number of aliphatic hydroxyl groups is 1. The van der Waals surface area contributed by atoms with E-state index in [1.807, 2.05) is 12.1 Å². The molecule has 1 aromatic rings. The van der Waals surface area contributed by atoms with Crippen LogP contribution in [0.4, 0.5) is 0 Å². The normalized spacial score (nSPS) is 26.8. The van der Waals surface area contributed by atoms with Crippen LogP contribution < -0.4 is 5.32 Å². The maximum Gasteiger partial charge on any atom is 0.223 e. The third-order valence-electron chi connectivity index (χ3n) is 4.37. The van der Waals surface area contributed by atoms with E-state index >= 15 is 0 Å². The lowest BCUT2D eigenvalue weighted by Crippen LogP contribution is -2.48. The molecule has 0 radical (unpaired) electrons. The molecule has 0 bridgehead atoms. The fourth-order valence-electron chi connectivity index (χ4n) is 2.74. The summed E-state index contributed by atoms with van der Waals surface area (Å²) in [5, 5.41) is 13.9. The lowest BCUT2D eigenvalue weighted by atomic mass is 9.80. The summed E-state index contributed by atoms with van der Waals surface area (Å²) < 4.78 is 0. The molecule has 1 aromatic carbocycles. The van der Waals surface area contributed by atoms with Crippen LogP contribution in [0.3, 0.4) is 0 Å². The number of benzene rings is 1. The predicted molar refractivity (Wildman–Crippen MR) is 79.1 cm³/mol. The lowest BCUT2D eigenvalue weighted by molar-refractivity contribution is -0.124. The van der Waals surface area contributed by atoms with E-state index in [0.717, 1.165) is 31.2 Å². The molecule has 0 aromatic heterocycles. The quantitative estimate of drug-likeness (QED) is 0.897. The van der Waals surface area contributed by atoms with Crippen molar-refractivity contribution in [3.63, 3.8) is 0 Å². The van der Waals surface area contributed by atoms with Gasteiger partial charge < -0.3 is 10.4 Å². The Morgan fingerprint density at radius 3 is 2.70 bits per heavy atom. The minimum Gasteiger partial charge on any atom is -0.388 e. The molecule has 0 saturated heterocycles. The molecule has 108 valence electrons. The van der Waals surface area contributed by atoms with Crippen LogP contribution in [0.15, 0.2) is 18.2 Å². The summed E-state index contributed by atoms with van der Waals surface area (Å²) in [6.07, 6.45) is 3.45. The average Bonchev–Trinajstić information content (AvgIpc) is 3.17. The van der Waals surface area contributed by atoms with Crippen molar-refractivity contribution in [2.45, 2.75) is 37.2 Å². The second-order valence-electron chi connectivity index (χ2n) is 5.92. The number of carbonyl (C=O) groups excluding carboxylic acids is 1. The molecule has 2 aliphatic carbocycles. The molecule has 2 N–H and O–H groups in total. The van der Waals surface area contributed by atoms with Gasteiger partial charge in [-0.3, -0.25) is 4.79 Å². The Hall–Kier alpha value is -0.770. The SMILES string of the molecule is O=C(NCC1(O)CCC1)C1CC1c1ccc(Cl)c(Cl)c1. The van der Waals surface area contributed by atoms with Crippen LogP contribution >= 0.6 is 23.2 Å². The summed E-state index contributed by atoms with van der Waals surface area (Å²) in [4.78, 5) is 12.0. The first-order chi connectivity index (χ1) is 9.48. The van der Waals surface area contributed by atoms with Crippen molar-refractivity contribution in [3.05, 3.63) is 33.8 Å². The molecule has 2 unspecified atom stereocenters. The average molecular weight is 314 g/mol. The highest BCUT2D eigenvalue weighted by Crippen LogP contribution is 2.48. The summed E-state index contributed by atoms with van der Waals surface area (Å²) in [6, 6.07) is 5.52. The van der Waals surface area contributed by atoms with Gasteiger partial charge in [0.2, 0.25) is 5.91 Å². The Morgan fingerprint density at radius 2 is 2.10 bits per heavy atom. The van der Waals surface area contributed by atoms with Crippen molar-refractivity contribution < 1.29 is 9.90 Å². The van der Waals surface area contributed by atoms with Crippen molar-refractivity contribution >= 4 is 29.1 Å². The van der Waals surface area contributed by atoms with Gasteiger partial charge in [-0.05, 0) is 49.3 Å². The number of carbonyl (C=O) groups is 1. The molecule has 2 saturated carbocycles. The largest absolute Gasteiger partial charge is 0.388 e. The zero-order valence-electron chi connectivity index (χ0n) is 11.0. The van der Waals surface area contributed by atoms with Crippen molar-refractivity contribution in [2.24, 2.45) is 5.92 Å². The Morgan fingerprint density at radius 1 is 1.35 bits per heavy atom. The summed E-state index contributed by atoms with van der Waals surface area (Å²) in [5.41, 5.74) is 0.394. The molecule has 0 heterocycles. The van der Waals surface area contributed by atoms with Gasteiger partial charge in [0.25, 0.3) is 0 Å². The zero-order valence-corrected chi connectivity index (χ0v) is 12.5. The van der Waals surface area contributed by atoms with Gasteiger partial charge in [0.1, 0.15) is 0 Å². The molecule has 3 rings (SSSR count). The van der Waals surface area contributed by atoms with Crippen molar-refractivity contribution in [3.8, 4) is 0 Å². The zero-order chi connectivity index (χ0) is 14.3. The number of hydrogen-bond acceptors (Lipinski definition) is 2. The number of amides is 1. The molecule has 5 heteroatoms. The second-order valence-corrected chi connectivity index (χ2v) is 6.73. The van der Waals surface area contributed by atoms with Crippen molar-refractivity contribution in [1.29, 1.82) is 0 Å². The first kappa shape index (κ1) is 14.2. The van der Waals surface area contributed by atoms with E-state index in [-0.39, 0.29) is 17.7 Å². The molecule has 0 spiro atoms. The van der Waals surface area contributed by atoms with Crippen LogP contribution in [0.1, 0.15) is 37.2 Å². The summed E-state index contributed by atoms with van der Waals surface area (Å²) in [5.74, 6) is 0.248. The van der Waals surface area contributed by atoms with Gasteiger partial charge in [-0.25, -0.2) is 0 Å². The molecule has 2 atom stereocenters. The Kier molecular flexibility index (Phi) is 3.69. The fourth-order valence-corrected chi connectivity index (χ4v) is 3.05. The maximum atomic E-state index is 12.0. The highest BCUT2D eigenvalue weighted by molar-refractivity contribution is 6.42. The van der Waals surface area contributed by atoms with Crippen LogP contribution in [0.25, 0.3) is 0 Å². The van der Waals surface area contributed by atoms with E-state index in [1.54, 1.807) is 6.07 Å². The van der Waals surface area contributed by atoms with Crippen molar-refractivity contribution in [1.82, 2.24) is 5.32 Å². The number of rotatable bonds is 4. The van der Waals surface area contributed by atoms with Crippen molar-refractivity contribution in [2.75, 3.05) is 6.54 Å². The van der Waals surface area contributed by atoms with Gasteiger partial charge in [-0.2, -0.15) is 0 Å². The Balaban J connectivity index is 1.55. The monoisotopic (exact) mass is 313 g/mol. The highest BCUT2D eigenvalue weighted by atomic mass is 35.5. The second kappa shape index (κ2) is 5.21. The van der Waals surface area contributed by atoms with E-state index in [4.69, 9.17) is 23.2 Å². The van der Waals surface area contributed by atoms with Crippen LogP contribution in [0, 0.1) is 5.92 Å². The highest BCUT2D eigenvalue weighted by Gasteiger charge is 2.45. The van der Waals surface area contributed by atoms with E-state index in [0.29, 0.717) is 16.6 Å². The van der Waals surface area contributed by atoms with Gasteiger partial charge in [0.15, 0.2) is 0 Å². The van der Waals surface area contributed by atoms with Gasteiger partial charge in [0.05, 0.1) is 15.6 Å². The van der Waals surface area contributed by atoms with Crippen LogP contribution in [0.5, 0.6) is 0 Å². The van der Waals surface area contributed by atoms with Gasteiger partial charge in [0, 0.05) is 12.5 Å². The minimum atomic E-state index is -0.663. The third-order valence-corrected chi connectivity index (χ3v) is 5.11. The summed E-state index contributed by atoms with van der Waals surface area (Å²) >= 11 is 11.9. The van der Waals surface area contributed by atoms with Crippen LogP contribution in [0.2, 0.25) is 10.0 Å². The summed E-state index contributed by atoms with van der Waals surface area (Å²) in [6.45, 7) is 0.371. The van der Waals surface area contributed by atoms with E-state index in [9.17, 15) is 9.90 Å². The predicted octanol–water partition coefficient (Wildman–Crippen LogP) is 3.13. The molecule has 2 fully saturated rings. The van der Waals surface area contributed by atoms with Crippen LogP contribution in [-0.4, -0.2) is 23.2 Å². The third kappa shape index (κ3) is 2.80. The molecule has 3 nitrogen and oxygen atoms in total. The Bertz CT molecular complexity index is 543. The van der Waals surface area contributed by atoms with Gasteiger partial charge in [-0.1, -0.05) is 29.3 Å². The fraction of sp³-hybridized carbons (Fsp3) is 0.533. The maximum absolute atomic E-state index is 12.0. The van der Waals surface area contributed by atoms with E-state index < -0.39 is 5.60 Å². The molecule has 0 aliphatic heterocycles. The molecule has 20 heavy (non-hydrogen) atoms. The summed E-state index contributed by atoms with van der Waals surface area (Å²) in [7, 11) is 0. The van der Waals surface area contributed by atoms with Gasteiger partial charge >= 0.3 is 0 Å². The molecule has 2 aliphatic rings. The Labute approximate surface area is 128 Å². The first-order valence-corrected chi connectivity index (χ1v) is 7.69. The smallest absolute Gasteiger partial charge is 0.223 e.